The molecule has 3 N–H and O–H groups in total. The molecule has 6 heteroatoms. The zero-order chi connectivity index (χ0) is 14.3. The van der Waals surface area contributed by atoms with E-state index in [0.29, 0.717) is 11.1 Å². The van der Waals surface area contributed by atoms with Crippen molar-refractivity contribution in [2.75, 3.05) is 26.9 Å². The summed E-state index contributed by atoms with van der Waals surface area (Å²) in [6.45, 7) is -1.38. The number of methoxy groups -OCH3 is 1. The third kappa shape index (κ3) is 3.85. The molecule has 0 aliphatic rings. The molecule has 0 saturated carbocycles. The lowest BCUT2D eigenvalue weighted by molar-refractivity contribution is 0.0600. The predicted molar refractivity (Wildman–Crippen MR) is 69.4 cm³/mol. The molecule has 0 unspecified atom stereocenters. The normalized spacial score (nSPS) is 11.8. The van der Waals surface area contributed by atoms with Crippen molar-refractivity contribution in [2.45, 2.75) is 5.54 Å². The van der Waals surface area contributed by atoms with Crippen LogP contribution in [-0.4, -0.2) is 60.0 Å². The molecule has 6 nitrogen and oxygen atoms in total. The SMILES string of the molecule is COC(=O)c1ccc(C=NC(CO)(CO)CO)cc1. The van der Waals surface area contributed by atoms with Gasteiger partial charge in [-0.1, -0.05) is 12.1 Å². The fourth-order valence-electron chi connectivity index (χ4n) is 1.31. The lowest BCUT2D eigenvalue weighted by Crippen LogP contribution is -2.39. The molecule has 0 bridgehead atoms. The minimum Gasteiger partial charge on any atom is -0.465 e. The van der Waals surface area contributed by atoms with Crippen LogP contribution >= 0.6 is 0 Å². The Labute approximate surface area is 111 Å². The van der Waals surface area contributed by atoms with E-state index < -0.39 is 31.3 Å². The van der Waals surface area contributed by atoms with Crippen LogP contribution in [0.4, 0.5) is 0 Å². The van der Waals surface area contributed by atoms with Gasteiger partial charge in [-0.05, 0) is 17.7 Å². The van der Waals surface area contributed by atoms with E-state index in [-0.39, 0.29) is 0 Å². The summed E-state index contributed by atoms with van der Waals surface area (Å²) in [5.74, 6) is -0.432. The minimum absolute atomic E-state index is 0.414. The maximum atomic E-state index is 11.2. The van der Waals surface area contributed by atoms with Crippen LogP contribution < -0.4 is 0 Å². The first-order valence-electron chi connectivity index (χ1n) is 5.67. The highest BCUT2D eigenvalue weighted by molar-refractivity contribution is 5.90. The maximum Gasteiger partial charge on any atom is 0.337 e. The first-order valence-corrected chi connectivity index (χ1v) is 5.67. The van der Waals surface area contributed by atoms with Crippen molar-refractivity contribution in [1.29, 1.82) is 0 Å². The number of esters is 1. The second-order valence-corrected chi connectivity index (χ2v) is 4.07. The van der Waals surface area contributed by atoms with E-state index >= 15 is 0 Å². The molecule has 1 aromatic carbocycles. The second-order valence-electron chi connectivity index (χ2n) is 4.07. The van der Waals surface area contributed by atoms with Crippen molar-refractivity contribution in [3.05, 3.63) is 35.4 Å². The molecule has 0 radical (unpaired) electrons. The molecular formula is C13H17NO5. The van der Waals surface area contributed by atoms with Crippen molar-refractivity contribution >= 4 is 12.2 Å². The number of nitrogens with zero attached hydrogens (tertiary/aromatic N) is 1. The van der Waals surface area contributed by atoms with Crippen LogP contribution in [0.3, 0.4) is 0 Å². The second kappa shape index (κ2) is 6.98. The van der Waals surface area contributed by atoms with Crippen molar-refractivity contribution in [1.82, 2.24) is 0 Å². The van der Waals surface area contributed by atoms with E-state index in [1.165, 1.54) is 13.3 Å². The molecule has 0 atom stereocenters. The van der Waals surface area contributed by atoms with E-state index in [9.17, 15) is 4.79 Å². The Kier molecular flexibility index (Phi) is 5.62. The highest BCUT2D eigenvalue weighted by Gasteiger charge is 2.26. The van der Waals surface area contributed by atoms with Gasteiger partial charge in [0.25, 0.3) is 0 Å². The van der Waals surface area contributed by atoms with Gasteiger partial charge >= 0.3 is 5.97 Å². The van der Waals surface area contributed by atoms with Gasteiger partial charge < -0.3 is 20.1 Å². The summed E-state index contributed by atoms with van der Waals surface area (Å²) < 4.78 is 4.57. The summed E-state index contributed by atoms with van der Waals surface area (Å²) in [7, 11) is 1.30. The molecule has 1 aromatic rings. The molecule has 0 heterocycles. The lowest BCUT2D eigenvalue weighted by atomic mass is 10.0. The van der Waals surface area contributed by atoms with E-state index in [4.69, 9.17) is 15.3 Å². The molecule has 104 valence electrons. The molecule has 0 aliphatic carbocycles. The first-order chi connectivity index (χ1) is 9.10. The topological polar surface area (TPSA) is 99.4 Å². The van der Waals surface area contributed by atoms with Crippen molar-refractivity contribution in [2.24, 2.45) is 4.99 Å². The summed E-state index contributed by atoms with van der Waals surface area (Å²) in [6, 6.07) is 6.44. The number of carbonyl (C=O) groups excluding carboxylic acids is 1. The number of benzene rings is 1. The fraction of sp³-hybridized carbons (Fsp3) is 0.385. The largest absolute Gasteiger partial charge is 0.465 e. The Hall–Kier alpha value is -1.76. The van der Waals surface area contributed by atoms with E-state index in [1.54, 1.807) is 24.3 Å². The quantitative estimate of drug-likeness (QED) is 0.481. The Morgan fingerprint density at radius 2 is 1.74 bits per heavy atom. The minimum atomic E-state index is -1.29. The van der Waals surface area contributed by atoms with Crippen molar-refractivity contribution in [3.8, 4) is 0 Å². The van der Waals surface area contributed by atoms with Gasteiger partial charge in [-0.15, -0.1) is 0 Å². The van der Waals surface area contributed by atoms with Crippen LogP contribution in [0.15, 0.2) is 29.3 Å². The van der Waals surface area contributed by atoms with Crippen LogP contribution in [0.25, 0.3) is 0 Å². The highest BCUT2D eigenvalue weighted by atomic mass is 16.5. The lowest BCUT2D eigenvalue weighted by Gasteiger charge is -2.21. The molecular weight excluding hydrogens is 250 g/mol. The van der Waals surface area contributed by atoms with Gasteiger partial charge in [-0.2, -0.15) is 0 Å². The van der Waals surface area contributed by atoms with E-state index in [1.807, 2.05) is 0 Å². The van der Waals surface area contributed by atoms with Gasteiger partial charge in [-0.25, -0.2) is 4.79 Å². The van der Waals surface area contributed by atoms with Gasteiger partial charge in [0, 0.05) is 6.21 Å². The number of carbonyl (C=O) groups is 1. The van der Waals surface area contributed by atoms with Gasteiger partial charge in [-0.3, -0.25) is 4.99 Å². The van der Waals surface area contributed by atoms with E-state index in [2.05, 4.69) is 9.73 Å². The summed E-state index contributed by atoms with van der Waals surface area (Å²) in [5, 5.41) is 27.3. The molecule has 0 amide bonds. The van der Waals surface area contributed by atoms with Crippen LogP contribution in [0.2, 0.25) is 0 Å². The molecule has 19 heavy (non-hydrogen) atoms. The molecule has 0 fully saturated rings. The summed E-state index contributed by atoms with van der Waals surface area (Å²) in [5.41, 5.74) is -0.203. The summed E-state index contributed by atoms with van der Waals surface area (Å²) >= 11 is 0. The standard InChI is InChI=1S/C13H17NO5/c1-19-12(18)11-4-2-10(3-5-11)6-14-13(7-15,8-16)9-17/h2-6,15-17H,7-9H2,1H3. The van der Waals surface area contributed by atoms with Crippen LogP contribution in [0.1, 0.15) is 15.9 Å². The van der Waals surface area contributed by atoms with Gasteiger partial charge in [0.1, 0.15) is 5.54 Å². The molecule has 0 aliphatic heterocycles. The predicted octanol–water partition coefficient (Wildman–Crippen LogP) is -0.392. The monoisotopic (exact) mass is 267 g/mol. The summed E-state index contributed by atoms with van der Waals surface area (Å²) in [6.07, 6.45) is 1.42. The number of ether oxygens (including phenoxy) is 1. The van der Waals surface area contributed by atoms with Crippen molar-refractivity contribution < 1.29 is 24.9 Å². The average molecular weight is 267 g/mol. The Balaban J connectivity index is 2.85. The average Bonchev–Trinajstić information content (AvgIpc) is 2.49. The molecule has 0 spiro atoms. The number of hydrogen-bond donors (Lipinski definition) is 3. The van der Waals surface area contributed by atoms with Crippen LogP contribution in [0, 0.1) is 0 Å². The molecule has 0 saturated heterocycles. The Bertz CT molecular complexity index is 429. The van der Waals surface area contributed by atoms with Crippen molar-refractivity contribution in [3.63, 3.8) is 0 Å². The number of aliphatic hydroxyl groups is 3. The zero-order valence-corrected chi connectivity index (χ0v) is 10.6. The Morgan fingerprint density at radius 1 is 1.21 bits per heavy atom. The van der Waals surface area contributed by atoms with Gasteiger partial charge in [0.2, 0.25) is 0 Å². The number of rotatable bonds is 6. The zero-order valence-electron chi connectivity index (χ0n) is 10.6. The first kappa shape index (κ1) is 15.3. The number of hydrogen-bond acceptors (Lipinski definition) is 6. The fourth-order valence-corrected chi connectivity index (χ4v) is 1.31. The van der Waals surface area contributed by atoms with Gasteiger partial charge in [0.15, 0.2) is 0 Å². The number of aliphatic hydroxyl groups excluding tert-OH is 3. The molecule has 1 rings (SSSR count). The molecule has 0 aromatic heterocycles. The number of aliphatic imine (C=N–C) groups is 1. The maximum absolute atomic E-state index is 11.2. The van der Waals surface area contributed by atoms with Crippen LogP contribution in [-0.2, 0) is 4.74 Å². The third-order valence-corrected chi connectivity index (χ3v) is 2.70. The highest BCUT2D eigenvalue weighted by Crippen LogP contribution is 2.10. The van der Waals surface area contributed by atoms with Gasteiger partial charge in [0.05, 0.1) is 32.5 Å². The van der Waals surface area contributed by atoms with E-state index in [0.717, 1.165) is 0 Å². The summed E-state index contributed by atoms with van der Waals surface area (Å²) in [4.78, 5) is 15.2. The van der Waals surface area contributed by atoms with Crippen LogP contribution in [0.5, 0.6) is 0 Å². The Morgan fingerprint density at radius 3 is 2.16 bits per heavy atom. The third-order valence-electron chi connectivity index (χ3n) is 2.70. The smallest absolute Gasteiger partial charge is 0.337 e.